The molecule has 0 aromatic carbocycles. The molecule has 1 atom stereocenters. The molecule has 0 aliphatic rings. The Balaban J connectivity index is 3.80. The van der Waals surface area contributed by atoms with Crippen LogP contribution in [0.25, 0.3) is 0 Å². The second kappa shape index (κ2) is 2.31. The predicted molar refractivity (Wildman–Crippen MR) is 35.7 cm³/mol. The van der Waals surface area contributed by atoms with Gasteiger partial charge in [-0.1, -0.05) is 13.0 Å². The first kappa shape index (κ1) is 7.70. The van der Waals surface area contributed by atoms with Crippen LogP contribution in [0.1, 0.15) is 20.8 Å². The summed E-state index contributed by atoms with van der Waals surface area (Å²) in [4.78, 5) is 0. The van der Waals surface area contributed by atoms with E-state index in [9.17, 15) is 5.11 Å². The van der Waals surface area contributed by atoms with E-state index in [1.807, 2.05) is 6.92 Å². The minimum Gasteiger partial charge on any atom is -0.390 e. The molecule has 0 bridgehead atoms. The zero-order valence-electron chi connectivity index (χ0n) is 5.81. The summed E-state index contributed by atoms with van der Waals surface area (Å²) in [6, 6.07) is 0. The lowest BCUT2D eigenvalue weighted by atomic mass is 9.93. The van der Waals surface area contributed by atoms with E-state index >= 15 is 0 Å². The topological polar surface area (TPSA) is 20.2 Å². The van der Waals surface area contributed by atoms with Gasteiger partial charge in [0, 0.05) is 5.92 Å². The van der Waals surface area contributed by atoms with Gasteiger partial charge in [-0.2, -0.15) is 0 Å². The SMILES string of the molecule is C=C[C@H](C)C(C)(C)O. The second-order valence-corrected chi connectivity index (χ2v) is 2.68. The maximum absolute atomic E-state index is 9.21. The van der Waals surface area contributed by atoms with E-state index in [4.69, 9.17) is 0 Å². The molecular formula is C7H14O. The number of aliphatic hydroxyl groups is 1. The summed E-state index contributed by atoms with van der Waals surface area (Å²) < 4.78 is 0. The first-order valence-corrected chi connectivity index (χ1v) is 2.83. The predicted octanol–water partition coefficient (Wildman–Crippen LogP) is 1.58. The molecule has 0 spiro atoms. The van der Waals surface area contributed by atoms with Crippen LogP contribution in [0.4, 0.5) is 0 Å². The normalized spacial score (nSPS) is 15.5. The van der Waals surface area contributed by atoms with Crippen LogP contribution in [0.15, 0.2) is 12.7 Å². The monoisotopic (exact) mass is 114 g/mol. The van der Waals surface area contributed by atoms with Crippen LogP contribution < -0.4 is 0 Å². The lowest BCUT2D eigenvalue weighted by Gasteiger charge is -2.21. The van der Waals surface area contributed by atoms with Gasteiger partial charge in [0.15, 0.2) is 0 Å². The van der Waals surface area contributed by atoms with Crippen molar-refractivity contribution in [2.45, 2.75) is 26.4 Å². The molecule has 0 rings (SSSR count). The van der Waals surface area contributed by atoms with E-state index in [1.165, 1.54) is 0 Å². The maximum Gasteiger partial charge on any atom is 0.0651 e. The highest BCUT2D eigenvalue weighted by atomic mass is 16.3. The Kier molecular flexibility index (Phi) is 2.23. The second-order valence-electron chi connectivity index (χ2n) is 2.68. The molecule has 1 nitrogen and oxygen atoms in total. The smallest absolute Gasteiger partial charge is 0.0651 e. The van der Waals surface area contributed by atoms with Crippen molar-refractivity contribution < 1.29 is 5.11 Å². The molecule has 0 aromatic rings. The van der Waals surface area contributed by atoms with Crippen LogP contribution in [0.5, 0.6) is 0 Å². The van der Waals surface area contributed by atoms with E-state index in [1.54, 1.807) is 19.9 Å². The maximum atomic E-state index is 9.21. The molecule has 0 saturated heterocycles. The summed E-state index contributed by atoms with van der Waals surface area (Å²) in [5.74, 6) is 0.169. The Morgan fingerprint density at radius 2 is 2.00 bits per heavy atom. The quantitative estimate of drug-likeness (QED) is 0.540. The zero-order chi connectivity index (χ0) is 6.78. The van der Waals surface area contributed by atoms with Crippen molar-refractivity contribution in [2.75, 3.05) is 0 Å². The van der Waals surface area contributed by atoms with Gasteiger partial charge < -0.3 is 5.11 Å². The molecule has 0 radical (unpaired) electrons. The molecule has 0 aliphatic carbocycles. The highest BCUT2D eigenvalue weighted by molar-refractivity contribution is 4.86. The van der Waals surface area contributed by atoms with Gasteiger partial charge in [-0.15, -0.1) is 6.58 Å². The van der Waals surface area contributed by atoms with Gasteiger partial charge in [-0.25, -0.2) is 0 Å². The first-order valence-electron chi connectivity index (χ1n) is 2.83. The molecule has 0 aromatic heterocycles. The minimum atomic E-state index is -0.609. The van der Waals surface area contributed by atoms with Gasteiger partial charge in [0.1, 0.15) is 0 Å². The highest BCUT2D eigenvalue weighted by Gasteiger charge is 2.18. The lowest BCUT2D eigenvalue weighted by molar-refractivity contribution is 0.0442. The molecular weight excluding hydrogens is 100 g/mol. The number of hydrogen-bond acceptors (Lipinski definition) is 1. The average molecular weight is 114 g/mol. The van der Waals surface area contributed by atoms with Gasteiger partial charge in [-0.3, -0.25) is 0 Å². The van der Waals surface area contributed by atoms with Crippen LogP contribution >= 0.6 is 0 Å². The average Bonchev–Trinajstić information content (AvgIpc) is 1.62. The minimum absolute atomic E-state index is 0.169. The Bertz CT molecular complexity index is 78.9. The fourth-order valence-electron chi connectivity index (χ4n) is 0.288. The Morgan fingerprint density at radius 3 is 2.00 bits per heavy atom. The van der Waals surface area contributed by atoms with Crippen LogP contribution in [-0.4, -0.2) is 10.7 Å². The third kappa shape index (κ3) is 2.12. The van der Waals surface area contributed by atoms with Crippen molar-refractivity contribution in [1.82, 2.24) is 0 Å². The lowest BCUT2D eigenvalue weighted by Crippen LogP contribution is -2.26. The molecule has 1 heteroatoms. The van der Waals surface area contributed by atoms with Crippen molar-refractivity contribution in [2.24, 2.45) is 5.92 Å². The van der Waals surface area contributed by atoms with E-state index in [0.717, 1.165) is 0 Å². The molecule has 0 fully saturated rings. The summed E-state index contributed by atoms with van der Waals surface area (Å²) in [5, 5.41) is 9.21. The molecule has 1 N–H and O–H groups in total. The van der Waals surface area contributed by atoms with E-state index in [2.05, 4.69) is 6.58 Å². The number of rotatable bonds is 2. The van der Waals surface area contributed by atoms with E-state index < -0.39 is 5.60 Å². The Labute approximate surface area is 51.0 Å². The third-order valence-corrected chi connectivity index (χ3v) is 1.47. The van der Waals surface area contributed by atoms with Gasteiger partial charge in [0.25, 0.3) is 0 Å². The highest BCUT2D eigenvalue weighted by Crippen LogP contribution is 2.15. The van der Waals surface area contributed by atoms with Crippen LogP contribution in [0.2, 0.25) is 0 Å². The fraction of sp³-hybridized carbons (Fsp3) is 0.714. The first-order chi connectivity index (χ1) is 3.48. The molecule has 48 valence electrons. The standard InChI is InChI=1S/C7H14O/c1-5-6(2)7(3,4)8/h5-6,8H,1H2,2-4H3/t6-/m0/s1. The van der Waals surface area contributed by atoms with Crippen LogP contribution in [0.3, 0.4) is 0 Å². The van der Waals surface area contributed by atoms with Crippen molar-refractivity contribution in [3.8, 4) is 0 Å². The van der Waals surface area contributed by atoms with Crippen molar-refractivity contribution in [3.63, 3.8) is 0 Å². The van der Waals surface area contributed by atoms with Crippen molar-refractivity contribution in [1.29, 1.82) is 0 Å². The van der Waals surface area contributed by atoms with E-state index in [0.29, 0.717) is 0 Å². The fourth-order valence-corrected chi connectivity index (χ4v) is 0.288. The zero-order valence-corrected chi connectivity index (χ0v) is 5.81. The van der Waals surface area contributed by atoms with Crippen molar-refractivity contribution in [3.05, 3.63) is 12.7 Å². The summed E-state index contributed by atoms with van der Waals surface area (Å²) in [7, 11) is 0. The molecule has 0 saturated carbocycles. The van der Waals surface area contributed by atoms with Crippen LogP contribution in [-0.2, 0) is 0 Å². The molecule has 0 unspecified atom stereocenters. The summed E-state index contributed by atoms with van der Waals surface area (Å²) in [6.07, 6.45) is 1.75. The van der Waals surface area contributed by atoms with Crippen molar-refractivity contribution >= 4 is 0 Å². The van der Waals surface area contributed by atoms with E-state index in [-0.39, 0.29) is 5.92 Å². The van der Waals surface area contributed by atoms with Crippen LogP contribution in [0, 0.1) is 5.92 Å². The largest absolute Gasteiger partial charge is 0.390 e. The van der Waals surface area contributed by atoms with Gasteiger partial charge in [-0.05, 0) is 13.8 Å². The molecule has 0 aliphatic heterocycles. The summed E-state index contributed by atoms with van der Waals surface area (Å²) in [6.45, 7) is 9.06. The third-order valence-electron chi connectivity index (χ3n) is 1.47. The Hall–Kier alpha value is -0.300. The van der Waals surface area contributed by atoms with Gasteiger partial charge in [0.2, 0.25) is 0 Å². The van der Waals surface area contributed by atoms with Gasteiger partial charge in [0.05, 0.1) is 5.60 Å². The van der Waals surface area contributed by atoms with Gasteiger partial charge >= 0.3 is 0 Å². The number of hydrogen-bond donors (Lipinski definition) is 1. The molecule has 0 heterocycles. The molecule has 0 amide bonds. The molecule has 8 heavy (non-hydrogen) atoms. The Morgan fingerprint density at radius 1 is 1.62 bits per heavy atom. The summed E-state index contributed by atoms with van der Waals surface area (Å²) >= 11 is 0. The summed E-state index contributed by atoms with van der Waals surface area (Å²) in [5.41, 5.74) is -0.609.